The minimum absolute atomic E-state index is 0.0994. The Balaban J connectivity index is 1.54. The van der Waals surface area contributed by atoms with Crippen molar-refractivity contribution < 1.29 is 4.79 Å². The third-order valence-electron chi connectivity index (χ3n) is 4.54. The monoisotopic (exact) mass is 324 g/mol. The van der Waals surface area contributed by atoms with Crippen LogP contribution in [0.25, 0.3) is 11.4 Å². The largest absolute Gasteiger partial charge is 0.352 e. The van der Waals surface area contributed by atoms with Crippen LogP contribution in [-0.4, -0.2) is 46.5 Å². The highest BCUT2D eigenvalue weighted by atomic mass is 16.1. The average Bonchev–Trinajstić information content (AvgIpc) is 3.10. The predicted molar refractivity (Wildman–Crippen MR) is 94.6 cm³/mol. The third-order valence-corrected chi connectivity index (χ3v) is 4.54. The first-order chi connectivity index (χ1) is 11.6. The molecule has 1 aliphatic heterocycles. The zero-order valence-corrected chi connectivity index (χ0v) is 14.3. The summed E-state index contributed by atoms with van der Waals surface area (Å²) in [6, 6.07) is 10.3. The van der Waals surface area contributed by atoms with Crippen molar-refractivity contribution in [2.75, 3.05) is 19.6 Å². The molecule has 1 aromatic heterocycles. The summed E-state index contributed by atoms with van der Waals surface area (Å²) in [4.78, 5) is 23.3. The van der Waals surface area contributed by atoms with Gasteiger partial charge in [-0.05, 0) is 32.7 Å². The van der Waals surface area contributed by atoms with Gasteiger partial charge < -0.3 is 10.2 Å². The average molecular weight is 324 g/mol. The van der Waals surface area contributed by atoms with Gasteiger partial charge in [-0.2, -0.15) is 0 Å². The highest BCUT2D eigenvalue weighted by Crippen LogP contribution is 2.18. The molecular weight excluding hydrogens is 300 g/mol. The number of carbonyl (C=O) groups is 1. The smallest absolute Gasteiger partial charge is 0.254 e. The quantitative estimate of drug-likeness (QED) is 0.918. The fraction of sp³-hybridized carbons (Fsp3) is 0.421. The Morgan fingerprint density at radius 3 is 2.58 bits per heavy atom. The Bertz CT molecular complexity index is 670. The van der Waals surface area contributed by atoms with Crippen LogP contribution in [0.1, 0.15) is 30.6 Å². The molecule has 1 fully saturated rings. The zero-order chi connectivity index (χ0) is 16.9. The van der Waals surface area contributed by atoms with Gasteiger partial charge >= 0.3 is 0 Å². The van der Waals surface area contributed by atoms with Gasteiger partial charge in [0, 0.05) is 37.1 Å². The van der Waals surface area contributed by atoms with E-state index < -0.39 is 0 Å². The van der Waals surface area contributed by atoms with Crippen LogP contribution in [0.5, 0.6) is 0 Å². The lowest BCUT2D eigenvalue weighted by atomic mass is 10.1. The first-order valence-corrected chi connectivity index (χ1v) is 8.53. The molecule has 3 rings (SSSR count). The summed E-state index contributed by atoms with van der Waals surface area (Å²) in [5.74, 6) is 1.06. The molecule has 1 saturated heterocycles. The summed E-state index contributed by atoms with van der Waals surface area (Å²) in [7, 11) is 0. The molecule has 1 aromatic carbocycles. The second kappa shape index (κ2) is 7.53. The van der Waals surface area contributed by atoms with E-state index in [-0.39, 0.29) is 5.91 Å². The molecular formula is C19H24N4O. The fourth-order valence-corrected chi connectivity index (χ4v) is 3.02. The normalized spacial score (nSPS) is 18.0. The van der Waals surface area contributed by atoms with Crippen molar-refractivity contribution in [1.29, 1.82) is 0 Å². The highest BCUT2D eigenvalue weighted by Gasteiger charge is 2.24. The molecule has 126 valence electrons. The second-order valence-electron chi connectivity index (χ2n) is 6.61. The van der Waals surface area contributed by atoms with E-state index in [4.69, 9.17) is 0 Å². The van der Waals surface area contributed by atoms with Gasteiger partial charge in [0.25, 0.3) is 5.91 Å². The lowest BCUT2D eigenvalue weighted by Crippen LogP contribution is -2.33. The molecule has 5 heteroatoms. The van der Waals surface area contributed by atoms with Crippen LogP contribution < -0.4 is 5.32 Å². The van der Waals surface area contributed by atoms with Gasteiger partial charge in [-0.3, -0.25) is 4.79 Å². The summed E-state index contributed by atoms with van der Waals surface area (Å²) < 4.78 is 0. The first kappa shape index (κ1) is 16.6. The van der Waals surface area contributed by atoms with Gasteiger partial charge in [-0.15, -0.1) is 0 Å². The van der Waals surface area contributed by atoms with E-state index >= 15 is 0 Å². The predicted octanol–water partition coefficient (Wildman–Crippen LogP) is 2.60. The summed E-state index contributed by atoms with van der Waals surface area (Å²) >= 11 is 0. The summed E-state index contributed by atoms with van der Waals surface area (Å²) in [5.41, 5.74) is 1.46. The Hall–Kier alpha value is -2.27. The van der Waals surface area contributed by atoms with Crippen molar-refractivity contribution in [3.63, 3.8) is 0 Å². The molecule has 24 heavy (non-hydrogen) atoms. The molecule has 5 nitrogen and oxygen atoms in total. The van der Waals surface area contributed by atoms with Crippen molar-refractivity contribution in [3.05, 3.63) is 48.3 Å². The molecule has 0 spiro atoms. The van der Waals surface area contributed by atoms with Gasteiger partial charge in [0.2, 0.25) is 0 Å². The maximum Gasteiger partial charge on any atom is 0.254 e. The number of nitrogens with zero attached hydrogens (tertiary/aromatic N) is 3. The van der Waals surface area contributed by atoms with Crippen molar-refractivity contribution in [2.24, 2.45) is 5.92 Å². The van der Waals surface area contributed by atoms with Gasteiger partial charge in [-0.25, -0.2) is 9.97 Å². The maximum atomic E-state index is 12.3. The molecule has 2 aromatic rings. The van der Waals surface area contributed by atoms with E-state index in [1.54, 1.807) is 12.4 Å². The van der Waals surface area contributed by atoms with E-state index in [0.29, 0.717) is 29.9 Å². The number of hydrogen-bond acceptors (Lipinski definition) is 4. The number of nitrogens with one attached hydrogen (secondary N) is 1. The van der Waals surface area contributed by atoms with Crippen LogP contribution in [0, 0.1) is 5.92 Å². The number of hydrogen-bond donors (Lipinski definition) is 1. The van der Waals surface area contributed by atoms with Crippen molar-refractivity contribution in [2.45, 2.75) is 26.3 Å². The molecule has 1 amide bonds. The first-order valence-electron chi connectivity index (χ1n) is 8.53. The molecule has 2 heterocycles. The topological polar surface area (TPSA) is 58.1 Å². The van der Waals surface area contributed by atoms with E-state index in [9.17, 15) is 4.79 Å². The fourth-order valence-electron chi connectivity index (χ4n) is 3.02. The molecule has 1 N–H and O–H groups in total. The van der Waals surface area contributed by atoms with Crippen molar-refractivity contribution >= 4 is 5.91 Å². The number of rotatable bonds is 5. The van der Waals surface area contributed by atoms with Crippen LogP contribution in [0.4, 0.5) is 0 Å². The number of carbonyl (C=O) groups excluding carboxylic acids is 1. The molecule has 0 radical (unpaired) electrons. The van der Waals surface area contributed by atoms with Crippen molar-refractivity contribution in [3.8, 4) is 11.4 Å². The molecule has 0 aliphatic carbocycles. The van der Waals surface area contributed by atoms with E-state index in [0.717, 1.165) is 25.1 Å². The minimum atomic E-state index is -0.0994. The number of likely N-dealkylation sites (tertiary alicyclic amines) is 1. The van der Waals surface area contributed by atoms with Crippen LogP contribution in [0.3, 0.4) is 0 Å². The maximum absolute atomic E-state index is 12.3. The van der Waals surface area contributed by atoms with E-state index in [2.05, 4.69) is 34.0 Å². The zero-order valence-electron chi connectivity index (χ0n) is 14.3. The Labute approximate surface area is 143 Å². The van der Waals surface area contributed by atoms with Gasteiger partial charge in [-0.1, -0.05) is 30.3 Å². The van der Waals surface area contributed by atoms with Crippen molar-refractivity contribution in [1.82, 2.24) is 20.2 Å². The summed E-state index contributed by atoms with van der Waals surface area (Å²) in [6.45, 7) is 7.32. The van der Waals surface area contributed by atoms with E-state index in [1.807, 2.05) is 30.3 Å². The Morgan fingerprint density at radius 2 is 1.96 bits per heavy atom. The van der Waals surface area contributed by atoms with E-state index in [1.165, 1.54) is 0 Å². The molecule has 0 bridgehead atoms. The van der Waals surface area contributed by atoms with Crippen LogP contribution in [-0.2, 0) is 0 Å². The molecule has 1 atom stereocenters. The van der Waals surface area contributed by atoms with Crippen LogP contribution >= 0.6 is 0 Å². The number of aromatic nitrogens is 2. The van der Waals surface area contributed by atoms with Gasteiger partial charge in [0.15, 0.2) is 5.82 Å². The summed E-state index contributed by atoms with van der Waals surface area (Å²) in [6.07, 6.45) is 4.33. The number of amides is 1. The summed E-state index contributed by atoms with van der Waals surface area (Å²) in [5, 5.41) is 3.01. The standard InChI is InChI=1S/C19H24N4O/c1-14(2)23-9-8-15(13-23)10-22-19(24)17-11-20-18(21-12-17)16-6-4-3-5-7-16/h3-7,11-12,14-15H,8-10,13H2,1-2H3,(H,22,24)/t15-/m0/s1. The molecule has 0 saturated carbocycles. The van der Waals surface area contributed by atoms with Gasteiger partial charge in [0.05, 0.1) is 5.56 Å². The Kier molecular flexibility index (Phi) is 5.20. The Morgan fingerprint density at radius 1 is 1.25 bits per heavy atom. The number of benzene rings is 1. The SMILES string of the molecule is CC(C)N1CC[C@@H](CNC(=O)c2cnc(-c3ccccc3)nc2)C1. The minimum Gasteiger partial charge on any atom is -0.352 e. The van der Waals surface area contributed by atoms with Gasteiger partial charge in [0.1, 0.15) is 0 Å². The molecule has 0 unspecified atom stereocenters. The second-order valence-corrected chi connectivity index (χ2v) is 6.61. The highest BCUT2D eigenvalue weighted by molar-refractivity contribution is 5.93. The molecule has 1 aliphatic rings. The van der Waals surface area contributed by atoms with Crippen LogP contribution in [0.2, 0.25) is 0 Å². The lowest BCUT2D eigenvalue weighted by Gasteiger charge is -2.20. The third kappa shape index (κ3) is 3.97. The lowest BCUT2D eigenvalue weighted by molar-refractivity contribution is 0.0946. The van der Waals surface area contributed by atoms with Crippen LogP contribution in [0.15, 0.2) is 42.7 Å².